The van der Waals surface area contributed by atoms with Crippen LogP contribution >= 0.6 is 0 Å². The molecule has 2 heterocycles. The van der Waals surface area contributed by atoms with Crippen LogP contribution in [0.1, 0.15) is 11.5 Å². The zero-order chi connectivity index (χ0) is 22.0. The lowest BCUT2D eigenvalue weighted by atomic mass is 10.1. The molecular formula is C22H22FN5O3. The monoisotopic (exact) mass is 423 g/mol. The topological polar surface area (TPSA) is 94.1 Å². The fourth-order valence-electron chi connectivity index (χ4n) is 3.42. The number of H-pyrrole nitrogens is 1. The Morgan fingerprint density at radius 3 is 2.74 bits per heavy atom. The van der Waals surface area contributed by atoms with Crippen molar-refractivity contribution in [3.05, 3.63) is 59.8 Å². The van der Waals surface area contributed by atoms with Gasteiger partial charge in [0.2, 0.25) is 0 Å². The average Bonchev–Trinajstić information content (AvgIpc) is 3.27. The summed E-state index contributed by atoms with van der Waals surface area (Å²) in [4.78, 5) is 19.8. The summed E-state index contributed by atoms with van der Waals surface area (Å²) in [7, 11) is 3.38. The molecule has 2 aromatic carbocycles. The molecule has 0 saturated heterocycles. The Labute approximate surface area is 178 Å². The van der Waals surface area contributed by atoms with Gasteiger partial charge < -0.3 is 19.8 Å². The van der Waals surface area contributed by atoms with Crippen LogP contribution in [0.3, 0.4) is 0 Å². The highest BCUT2D eigenvalue weighted by atomic mass is 19.1. The van der Waals surface area contributed by atoms with Gasteiger partial charge in [-0.05, 0) is 42.8 Å². The van der Waals surface area contributed by atoms with E-state index in [-0.39, 0.29) is 24.9 Å². The molecule has 0 aliphatic rings. The van der Waals surface area contributed by atoms with Crippen LogP contribution in [0.15, 0.2) is 42.5 Å². The summed E-state index contributed by atoms with van der Waals surface area (Å²) in [6.45, 7) is 1.81. The van der Waals surface area contributed by atoms with Gasteiger partial charge in [-0.2, -0.15) is 5.10 Å². The average molecular weight is 423 g/mol. The van der Waals surface area contributed by atoms with Crippen molar-refractivity contribution in [1.82, 2.24) is 19.7 Å². The molecular weight excluding hydrogens is 401 g/mol. The maximum atomic E-state index is 13.3. The second-order valence-electron chi connectivity index (χ2n) is 7.05. The van der Waals surface area contributed by atoms with Gasteiger partial charge in [0.1, 0.15) is 36.4 Å². The Bertz CT molecular complexity index is 1230. The van der Waals surface area contributed by atoms with Gasteiger partial charge in [-0.15, -0.1) is 0 Å². The highest BCUT2D eigenvalue weighted by molar-refractivity contribution is 5.95. The van der Waals surface area contributed by atoms with E-state index in [0.29, 0.717) is 22.7 Å². The Hall–Kier alpha value is -3.72. The maximum absolute atomic E-state index is 13.3. The summed E-state index contributed by atoms with van der Waals surface area (Å²) in [5.74, 6) is 1.18. The number of hydrogen-bond donors (Lipinski definition) is 2. The third-order valence-electron chi connectivity index (χ3n) is 4.82. The van der Waals surface area contributed by atoms with E-state index in [1.165, 1.54) is 12.1 Å². The molecule has 31 heavy (non-hydrogen) atoms. The maximum Gasteiger partial charge on any atom is 0.251 e. The molecule has 0 spiro atoms. The molecule has 0 radical (unpaired) electrons. The van der Waals surface area contributed by atoms with Crippen molar-refractivity contribution in [3.8, 4) is 16.9 Å². The molecule has 8 nitrogen and oxygen atoms in total. The van der Waals surface area contributed by atoms with E-state index in [2.05, 4.69) is 20.4 Å². The highest BCUT2D eigenvalue weighted by Crippen LogP contribution is 2.32. The van der Waals surface area contributed by atoms with Crippen molar-refractivity contribution in [2.45, 2.75) is 13.5 Å². The van der Waals surface area contributed by atoms with Gasteiger partial charge in [0, 0.05) is 12.6 Å². The third kappa shape index (κ3) is 4.41. The number of nitrogens with zero attached hydrogens (tertiary/aromatic N) is 3. The highest BCUT2D eigenvalue weighted by Gasteiger charge is 2.17. The minimum atomic E-state index is -0.345. The minimum absolute atomic E-state index is 0.0967. The minimum Gasteiger partial charge on any atom is -0.497 e. The molecule has 0 saturated carbocycles. The molecule has 0 bridgehead atoms. The van der Waals surface area contributed by atoms with Crippen molar-refractivity contribution in [3.63, 3.8) is 0 Å². The number of fused-ring (bicyclic) bond motifs is 1. The van der Waals surface area contributed by atoms with E-state index in [0.717, 1.165) is 22.6 Å². The summed E-state index contributed by atoms with van der Waals surface area (Å²) in [6.07, 6.45) is 0. The van der Waals surface area contributed by atoms with Gasteiger partial charge in [-0.25, -0.2) is 9.37 Å². The van der Waals surface area contributed by atoms with Gasteiger partial charge in [0.15, 0.2) is 0 Å². The first-order chi connectivity index (χ1) is 14.9. The Kier molecular flexibility index (Phi) is 5.68. The first-order valence-corrected chi connectivity index (χ1v) is 9.64. The standard InChI is InChI=1S/C22H22FN5O3/c1-13-21(14-4-7-16(30-3)8-5-14)22(28(2)27-13)26-20(29)12-31-11-19-24-17-9-6-15(23)10-18(17)25-19/h4-10H,11-12H2,1-3H3,(H,24,25)(H,26,29). The van der Waals surface area contributed by atoms with E-state index >= 15 is 0 Å². The first-order valence-electron chi connectivity index (χ1n) is 9.64. The summed E-state index contributed by atoms with van der Waals surface area (Å²) < 4.78 is 25.6. The van der Waals surface area contributed by atoms with Crippen LogP contribution in [-0.4, -0.2) is 39.4 Å². The summed E-state index contributed by atoms with van der Waals surface area (Å²) in [5.41, 5.74) is 3.75. The molecule has 160 valence electrons. The second-order valence-corrected chi connectivity index (χ2v) is 7.05. The SMILES string of the molecule is COc1ccc(-c2c(C)nn(C)c2NC(=O)COCc2nc3ccc(F)cc3[nH]2)cc1. The lowest BCUT2D eigenvalue weighted by Crippen LogP contribution is -2.20. The van der Waals surface area contributed by atoms with Crippen LogP contribution in [-0.2, 0) is 23.2 Å². The predicted octanol–water partition coefficient (Wildman–Crippen LogP) is 3.57. The Morgan fingerprint density at radius 2 is 2.00 bits per heavy atom. The number of rotatable bonds is 7. The molecule has 0 atom stereocenters. The number of aryl methyl sites for hydroxylation is 2. The number of amides is 1. The van der Waals surface area contributed by atoms with Gasteiger partial charge >= 0.3 is 0 Å². The Morgan fingerprint density at radius 1 is 1.23 bits per heavy atom. The van der Waals surface area contributed by atoms with Gasteiger partial charge in [-0.1, -0.05) is 12.1 Å². The van der Waals surface area contributed by atoms with E-state index in [1.54, 1.807) is 24.9 Å². The molecule has 0 unspecified atom stereocenters. The van der Waals surface area contributed by atoms with E-state index in [9.17, 15) is 9.18 Å². The molecule has 4 rings (SSSR count). The van der Waals surface area contributed by atoms with Gasteiger partial charge in [-0.3, -0.25) is 9.48 Å². The lowest BCUT2D eigenvalue weighted by Gasteiger charge is -2.10. The Balaban J connectivity index is 1.42. The zero-order valence-electron chi connectivity index (χ0n) is 17.4. The molecule has 0 aliphatic carbocycles. The lowest BCUT2D eigenvalue weighted by molar-refractivity contribution is -0.121. The van der Waals surface area contributed by atoms with Crippen LogP contribution in [0.5, 0.6) is 5.75 Å². The number of hydrogen-bond acceptors (Lipinski definition) is 5. The number of carbonyl (C=O) groups is 1. The molecule has 0 aliphatic heterocycles. The fraction of sp³-hybridized carbons (Fsp3) is 0.227. The van der Waals surface area contributed by atoms with E-state index in [4.69, 9.17) is 9.47 Å². The summed E-state index contributed by atoms with van der Waals surface area (Å²) in [6, 6.07) is 11.8. The van der Waals surface area contributed by atoms with Gasteiger partial charge in [0.05, 0.1) is 23.8 Å². The summed E-state index contributed by atoms with van der Waals surface area (Å²) in [5, 5.41) is 7.30. The fourth-order valence-corrected chi connectivity index (χ4v) is 3.42. The molecule has 9 heteroatoms. The van der Waals surface area contributed by atoms with E-state index < -0.39 is 0 Å². The summed E-state index contributed by atoms with van der Waals surface area (Å²) >= 11 is 0. The van der Waals surface area contributed by atoms with Crippen LogP contribution < -0.4 is 10.1 Å². The number of imidazole rings is 1. The number of ether oxygens (including phenoxy) is 2. The van der Waals surface area contributed by atoms with Crippen LogP contribution in [0, 0.1) is 12.7 Å². The number of methoxy groups -OCH3 is 1. The van der Waals surface area contributed by atoms with Crippen molar-refractivity contribution in [2.24, 2.45) is 7.05 Å². The number of carbonyl (C=O) groups excluding carboxylic acids is 1. The molecule has 2 N–H and O–H groups in total. The zero-order valence-corrected chi connectivity index (χ0v) is 17.4. The molecule has 4 aromatic rings. The number of aromatic nitrogens is 4. The number of benzene rings is 2. The third-order valence-corrected chi connectivity index (χ3v) is 4.82. The van der Waals surface area contributed by atoms with Crippen molar-refractivity contribution in [2.75, 3.05) is 19.0 Å². The van der Waals surface area contributed by atoms with Gasteiger partial charge in [0.25, 0.3) is 5.91 Å². The number of anilines is 1. The predicted molar refractivity (Wildman–Crippen MR) is 114 cm³/mol. The number of aromatic amines is 1. The van der Waals surface area contributed by atoms with Crippen LogP contribution in [0.2, 0.25) is 0 Å². The quantitative estimate of drug-likeness (QED) is 0.474. The second kappa shape index (κ2) is 8.57. The number of halogens is 1. The number of nitrogens with one attached hydrogen (secondary N) is 2. The van der Waals surface area contributed by atoms with Crippen molar-refractivity contribution in [1.29, 1.82) is 0 Å². The van der Waals surface area contributed by atoms with Crippen molar-refractivity contribution < 1.29 is 18.7 Å². The van der Waals surface area contributed by atoms with E-state index in [1.807, 2.05) is 31.2 Å². The van der Waals surface area contributed by atoms with Crippen LogP contribution in [0.25, 0.3) is 22.2 Å². The van der Waals surface area contributed by atoms with Crippen LogP contribution in [0.4, 0.5) is 10.2 Å². The first kappa shape index (κ1) is 20.5. The molecule has 2 aromatic heterocycles. The largest absolute Gasteiger partial charge is 0.497 e. The van der Waals surface area contributed by atoms with Crippen molar-refractivity contribution >= 4 is 22.8 Å². The molecule has 1 amide bonds. The normalized spacial score (nSPS) is 11.1. The molecule has 0 fully saturated rings. The smallest absolute Gasteiger partial charge is 0.251 e.